The lowest BCUT2D eigenvalue weighted by atomic mass is 10.3. The van der Waals surface area contributed by atoms with Gasteiger partial charge in [-0.1, -0.05) is 13.0 Å². The second-order valence-corrected chi connectivity index (χ2v) is 6.39. The maximum absolute atomic E-state index is 4.54. The molecule has 0 spiro atoms. The van der Waals surface area contributed by atoms with Crippen LogP contribution in [0.5, 0.6) is 0 Å². The number of hydrogen-bond acceptors (Lipinski definition) is 5. The molecule has 1 N–H and O–H groups in total. The zero-order chi connectivity index (χ0) is 15.2. The van der Waals surface area contributed by atoms with Gasteiger partial charge < -0.3 is 10.2 Å². The molecule has 2 aromatic rings. The molecule has 21 heavy (non-hydrogen) atoms. The van der Waals surface area contributed by atoms with Gasteiger partial charge in [-0.05, 0) is 38.9 Å². The first-order valence-electron chi connectivity index (χ1n) is 7.43. The molecule has 0 amide bonds. The lowest BCUT2D eigenvalue weighted by molar-refractivity contribution is 0.577. The SMILES string of the molecule is CCCNC(C)c1cnc(N(C)Cc2cccc(C)n2)s1. The Bertz CT molecular complexity index is 567. The van der Waals surface area contributed by atoms with Gasteiger partial charge in [0.25, 0.3) is 0 Å². The summed E-state index contributed by atoms with van der Waals surface area (Å²) >= 11 is 1.75. The lowest BCUT2D eigenvalue weighted by Crippen LogP contribution is -2.18. The molecule has 0 saturated heterocycles. The van der Waals surface area contributed by atoms with Crippen molar-refractivity contribution in [3.8, 4) is 0 Å². The van der Waals surface area contributed by atoms with Gasteiger partial charge >= 0.3 is 0 Å². The standard InChI is InChI=1S/C16H24N4S/c1-5-9-17-13(3)15-10-18-16(21-15)20(4)11-14-8-6-7-12(2)19-14/h6-8,10,13,17H,5,9,11H2,1-4H3. The van der Waals surface area contributed by atoms with Crippen molar-refractivity contribution < 1.29 is 0 Å². The van der Waals surface area contributed by atoms with Crippen LogP contribution in [0.15, 0.2) is 24.4 Å². The summed E-state index contributed by atoms with van der Waals surface area (Å²) in [5, 5.41) is 4.54. The normalized spacial score (nSPS) is 12.4. The third-order valence-corrected chi connectivity index (χ3v) is 4.60. The number of anilines is 1. The van der Waals surface area contributed by atoms with Gasteiger partial charge in [0.05, 0.1) is 12.2 Å². The topological polar surface area (TPSA) is 41.1 Å². The van der Waals surface area contributed by atoms with Crippen LogP contribution < -0.4 is 10.2 Å². The van der Waals surface area contributed by atoms with E-state index in [4.69, 9.17) is 0 Å². The van der Waals surface area contributed by atoms with Crippen LogP contribution in [0, 0.1) is 6.92 Å². The molecule has 0 fully saturated rings. The Morgan fingerprint density at radius 1 is 1.38 bits per heavy atom. The average Bonchev–Trinajstić information content (AvgIpc) is 2.94. The Morgan fingerprint density at radius 3 is 2.90 bits per heavy atom. The lowest BCUT2D eigenvalue weighted by Gasteiger charge is -2.15. The van der Waals surface area contributed by atoms with Crippen LogP contribution in [0.25, 0.3) is 0 Å². The van der Waals surface area contributed by atoms with E-state index in [0.717, 1.165) is 36.0 Å². The number of nitrogens with zero attached hydrogens (tertiary/aromatic N) is 3. The Morgan fingerprint density at radius 2 is 2.19 bits per heavy atom. The maximum Gasteiger partial charge on any atom is 0.185 e. The van der Waals surface area contributed by atoms with E-state index in [0.29, 0.717) is 6.04 Å². The number of rotatable bonds is 7. The van der Waals surface area contributed by atoms with Crippen molar-refractivity contribution in [2.75, 3.05) is 18.5 Å². The molecule has 0 radical (unpaired) electrons. The molecule has 1 atom stereocenters. The molecule has 0 saturated carbocycles. The molecule has 0 aromatic carbocycles. The Labute approximate surface area is 131 Å². The molecule has 0 aliphatic heterocycles. The molecule has 0 aliphatic rings. The molecule has 0 aliphatic carbocycles. The fraction of sp³-hybridized carbons (Fsp3) is 0.500. The van der Waals surface area contributed by atoms with Crippen LogP contribution in [0.3, 0.4) is 0 Å². The van der Waals surface area contributed by atoms with Crippen LogP contribution in [0.2, 0.25) is 0 Å². The van der Waals surface area contributed by atoms with Crippen LogP contribution in [0.1, 0.15) is 42.6 Å². The molecular formula is C16H24N4S. The molecule has 2 heterocycles. The fourth-order valence-corrected chi connectivity index (χ4v) is 3.02. The number of nitrogens with one attached hydrogen (secondary N) is 1. The Kier molecular flexibility index (Phi) is 5.70. The van der Waals surface area contributed by atoms with Gasteiger partial charge in [0.2, 0.25) is 0 Å². The van der Waals surface area contributed by atoms with Crippen LogP contribution in [-0.2, 0) is 6.54 Å². The van der Waals surface area contributed by atoms with Crippen molar-refractivity contribution in [1.29, 1.82) is 0 Å². The second kappa shape index (κ2) is 7.52. The Hall–Kier alpha value is -1.46. The number of aromatic nitrogens is 2. The zero-order valence-electron chi connectivity index (χ0n) is 13.3. The third kappa shape index (κ3) is 4.51. The summed E-state index contributed by atoms with van der Waals surface area (Å²) in [4.78, 5) is 12.5. The van der Waals surface area contributed by atoms with Crippen LogP contribution >= 0.6 is 11.3 Å². The van der Waals surface area contributed by atoms with Crippen molar-refractivity contribution in [3.05, 3.63) is 40.7 Å². The number of thiazole rings is 1. The first kappa shape index (κ1) is 15.9. The summed E-state index contributed by atoms with van der Waals surface area (Å²) in [6, 6.07) is 6.49. The van der Waals surface area contributed by atoms with E-state index < -0.39 is 0 Å². The number of pyridine rings is 1. The highest BCUT2D eigenvalue weighted by Gasteiger charge is 2.12. The maximum atomic E-state index is 4.54. The summed E-state index contributed by atoms with van der Waals surface area (Å²) < 4.78 is 0. The largest absolute Gasteiger partial charge is 0.345 e. The highest BCUT2D eigenvalue weighted by molar-refractivity contribution is 7.15. The van der Waals surface area contributed by atoms with E-state index in [9.17, 15) is 0 Å². The monoisotopic (exact) mass is 304 g/mol. The second-order valence-electron chi connectivity index (χ2n) is 5.35. The van der Waals surface area contributed by atoms with Crippen LogP contribution in [-0.4, -0.2) is 23.6 Å². The quantitative estimate of drug-likeness (QED) is 0.849. The first-order valence-corrected chi connectivity index (χ1v) is 8.24. The molecule has 1 unspecified atom stereocenters. The first-order chi connectivity index (χ1) is 10.1. The Balaban J connectivity index is 2.00. The minimum Gasteiger partial charge on any atom is -0.345 e. The zero-order valence-corrected chi connectivity index (χ0v) is 14.1. The predicted molar refractivity (Wildman–Crippen MR) is 89.9 cm³/mol. The molecule has 4 nitrogen and oxygen atoms in total. The average molecular weight is 304 g/mol. The van der Waals surface area contributed by atoms with Gasteiger partial charge in [0.1, 0.15) is 0 Å². The minimum absolute atomic E-state index is 0.363. The van der Waals surface area contributed by atoms with Crippen molar-refractivity contribution in [1.82, 2.24) is 15.3 Å². The van der Waals surface area contributed by atoms with Gasteiger partial charge in [-0.2, -0.15) is 0 Å². The van der Waals surface area contributed by atoms with Gasteiger partial charge in [0, 0.05) is 29.9 Å². The summed E-state index contributed by atoms with van der Waals surface area (Å²) in [6.45, 7) is 8.21. The van der Waals surface area contributed by atoms with E-state index >= 15 is 0 Å². The highest BCUT2D eigenvalue weighted by atomic mass is 32.1. The molecule has 5 heteroatoms. The van der Waals surface area contributed by atoms with Gasteiger partial charge in [-0.25, -0.2) is 4.98 Å². The smallest absolute Gasteiger partial charge is 0.185 e. The van der Waals surface area contributed by atoms with Crippen molar-refractivity contribution in [2.45, 2.75) is 39.8 Å². The van der Waals surface area contributed by atoms with Crippen molar-refractivity contribution in [2.24, 2.45) is 0 Å². The third-order valence-electron chi connectivity index (χ3n) is 3.31. The van der Waals surface area contributed by atoms with E-state index in [1.807, 2.05) is 19.2 Å². The van der Waals surface area contributed by atoms with Crippen molar-refractivity contribution >= 4 is 16.5 Å². The van der Waals surface area contributed by atoms with E-state index in [1.54, 1.807) is 11.3 Å². The number of hydrogen-bond donors (Lipinski definition) is 1. The number of aryl methyl sites for hydroxylation is 1. The fourth-order valence-electron chi connectivity index (χ4n) is 2.11. The predicted octanol–water partition coefficient (Wildman–Crippen LogP) is 3.54. The molecule has 114 valence electrons. The van der Waals surface area contributed by atoms with Gasteiger partial charge in [0.15, 0.2) is 5.13 Å². The van der Waals surface area contributed by atoms with Gasteiger partial charge in [-0.3, -0.25) is 4.98 Å². The highest BCUT2D eigenvalue weighted by Crippen LogP contribution is 2.27. The summed E-state index contributed by atoms with van der Waals surface area (Å²) in [5.74, 6) is 0. The molecule has 2 rings (SSSR count). The van der Waals surface area contributed by atoms with Crippen molar-refractivity contribution in [3.63, 3.8) is 0 Å². The minimum atomic E-state index is 0.363. The molecule has 2 aromatic heterocycles. The summed E-state index contributed by atoms with van der Waals surface area (Å²) in [7, 11) is 2.07. The van der Waals surface area contributed by atoms with Crippen LogP contribution in [0.4, 0.5) is 5.13 Å². The van der Waals surface area contributed by atoms with E-state index in [-0.39, 0.29) is 0 Å². The van der Waals surface area contributed by atoms with E-state index in [1.165, 1.54) is 4.88 Å². The summed E-state index contributed by atoms with van der Waals surface area (Å²) in [5.41, 5.74) is 2.13. The van der Waals surface area contributed by atoms with E-state index in [2.05, 4.69) is 53.2 Å². The summed E-state index contributed by atoms with van der Waals surface area (Å²) in [6.07, 6.45) is 3.13. The molecular weight excluding hydrogens is 280 g/mol. The van der Waals surface area contributed by atoms with Gasteiger partial charge in [-0.15, -0.1) is 11.3 Å². The molecule has 0 bridgehead atoms.